The van der Waals surface area contributed by atoms with Crippen LogP contribution in [0.25, 0.3) is 0 Å². The Bertz CT molecular complexity index is 326. The van der Waals surface area contributed by atoms with E-state index in [0.29, 0.717) is 12.5 Å². The van der Waals surface area contributed by atoms with Crippen molar-refractivity contribution in [2.75, 3.05) is 26.8 Å². The predicted octanol–water partition coefficient (Wildman–Crippen LogP) is 0.125. The molecule has 2 heterocycles. The Morgan fingerprint density at radius 2 is 2.47 bits per heavy atom. The summed E-state index contributed by atoms with van der Waals surface area (Å²) in [4.78, 5) is 14.0. The summed E-state index contributed by atoms with van der Waals surface area (Å²) in [5.41, 5.74) is 0. The van der Waals surface area contributed by atoms with Gasteiger partial charge in [-0.15, -0.1) is 0 Å². The first kappa shape index (κ1) is 12.3. The first-order valence-corrected chi connectivity index (χ1v) is 6.18. The van der Waals surface area contributed by atoms with E-state index in [4.69, 9.17) is 10.00 Å². The molecule has 94 valence electrons. The lowest BCUT2D eigenvalue weighted by Gasteiger charge is -2.23. The number of nitrogens with zero attached hydrogens (tertiary/aromatic N) is 2. The largest absolute Gasteiger partial charge is 0.384 e. The Kier molecular flexibility index (Phi) is 3.97. The van der Waals surface area contributed by atoms with Crippen LogP contribution in [0.15, 0.2) is 0 Å². The minimum Gasteiger partial charge on any atom is -0.384 e. The average molecular weight is 237 g/mol. The van der Waals surface area contributed by atoms with Crippen LogP contribution in [0.2, 0.25) is 0 Å². The molecule has 2 saturated heterocycles. The van der Waals surface area contributed by atoms with E-state index in [2.05, 4.69) is 11.4 Å². The molecule has 2 rings (SSSR count). The smallest absolute Gasteiger partial charge is 0.240 e. The summed E-state index contributed by atoms with van der Waals surface area (Å²) in [6.45, 7) is 2.25. The Hall–Kier alpha value is -1.12. The van der Waals surface area contributed by atoms with Gasteiger partial charge in [-0.1, -0.05) is 0 Å². The van der Waals surface area contributed by atoms with Crippen LogP contribution in [0.5, 0.6) is 0 Å². The summed E-state index contributed by atoms with van der Waals surface area (Å²) in [5, 5.41) is 12.2. The van der Waals surface area contributed by atoms with Crippen LogP contribution in [0.3, 0.4) is 0 Å². The number of hydrogen-bond acceptors (Lipinski definition) is 4. The second kappa shape index (κ2) is 5.48. The van der Waals surface area contributed by atoms with Crippen molar-refractivity contribution in [3.05, 3.63) is 0 Å². The molecule has 0 aromatic carbocycles. The minimum absolute atomic E-state index is 0.0904. The summed E-state index contributed by atoms with van der Waals surface area (Å²) < 4.78 is 5.10. The molecule has 0 aromatic rings. The number of amides is 1. The van der Waals surface area contributed by atoms with E-state index < -0.39 is 0 Å². The normalized spacial score (nSPS) is 32.7. The Balaban J connectivity index is 1.91. The zero-order valence-electron chi connectivity index (χ0n) is 10.2. The average Bonchev–Trinajstić information content (AvgIpc) is 2.96. The van der Waals surface area contributed by atoms with E-state index >= 15 is 0 Å². The van der Waals surface area contributed by atoms with Gasteiger partial charge in [0.1, 0.15) is 6.04 Å². The zero-order valence-corrected chi connectivity index (χ0v) is 10.2. The van der Waals surface area contributed by atoms with Crippen molar-refractivity contribution in [1.82, 2.24) is 10.2 Å². The number of nitriles is 1. The van der Waals surface area contributed by atoms with Gasteiger partial charge in [0.15, 0.2) is 0 Å². The van der Waals surface area contributed by atoms with Crippen LogP contribution in [-0.2, 0) is 9.53 Å². The van der Waals surface area contributed by atoms with Gasteiger partial charge < -0.3 is 15.0 Å². The highest BCUT2D eigenvalue weighted by Gasteiger charge is 2.36. The summed E-state index contributed by atoms with van der Waals surface area (Å²) in [6, 6.07) is 1.87. The van der Waals surface area contributed by atoms with Crippen molar-refractivity contribution in [3.63, 3.8) is 0 Å². The van der Waals surface area contributed by atoms with Gasteiger partial charge >= 0.3 is 0 Å². The zero-order chi connectivity index (χ0) is 12.3. The molecule has 0 aromatic heterocycles. The quantitative estimate of drug-likeness (QED) is 0.757. The molecule has 5 nitrogen and oxygen atoms in total. The number of carbonyl (C=O) groups excluding carboxylic acids is 1. The van der Waals surface area contributed by atoms with E-state index in [1.165, 1.54) is 0 Å². The molecule has 2 fully saturated rings. The van der Waals surface area contributed by atoms with Crippen molar-refractivity contribution in [1.29, 1.82) is 5.26 Å². The first-order chi connectivity index (χ1) is 8.26. The number of nitrogens with one attached hydrogen (secondary N) is 1. The number of methoxy groups -OCH3 is 1. The molecule has 1 amide bonds. The van der Waals surface area contributed by atoms with Gasteiger partial charge in [0.25, 0.3) is 0 Å². The van der Waals surface area contributed by atoms with E-state index in [1.807, 2.05) is 0 Å². The van der Waals surface area contributed by atoms with Crippen LogP contribution in [-0.4, -0.2) is 49.7 Å². The number of hydrogen-bond donors (Lipinski definition) is 1. The molecule has 0 aliphatic carbocycles. The molecular formula is C12H19N3O2. The third-order valence-electron chi connectivity index (χ3n) is 3.61. The van der Waals surface area contributed by atoms with Crippen LogP contribution < -0.4 is 5.32 Å². The molecule has 2 aliphatic rings. The fraction of sp³-hybridized carbons (Fsp3) is 0.833. The van der Waals surface area contributed by atoms with Gasteiger partial charge in [-0.25, -0.2) is 0 Å². The molecule has 0 saturated carbocycles. The van der Waals surface area contributed by atoms with E-state index in [1.54, 1.807) is 12.0 Å². The van der Waals surface area contributed by atoms with Gasteiger partial charge in [0.05, 0.1) is 18.7 Å². The summed E-state index contributed by atoms with van der Waals surface area (Å²) in [6.07, 6.45) is 2.58. The number of carbonyl (C=O) groups is 1. The topological polar surface area (TPSA) is 65.4 Å². The highest BCUT2D eigenvalue weighted by Crippen LogP contribution is 2.22. The van der Waals surface area contributed by atoms with Crippen molar-refractivity contribution in [3.8, 4) is 6.07 Å². The highest BCUT2D eigenvalue weighted by molar-refractivity contribution is 5.83. The molecular weight excluding hydrogens is 218 g/mol. The van der Waals surface area contributed by atoms with Gasteiger partial charge in [0.2, 0.25) is 5.91 Å². The third-order valence-corrected chi connectivity index (χ3v) is 3.61. The molecule has 0 spiro atoms. The van der Waals surface area contributed by atoms with Crippen LogP contribution >= 0.6 is 0 Å². The second-order valence-corrected chi connectivity index (χ2v) is 4.84. The monoisotopic (exact) mass is 237 g/mol. The van der Waals surface area contributed by atoms with E-state index in [-0.39, 0.29) is 18.0 Å². The molecule has 3 atom stereocenters. The summed E-state index contributed by atoms with van der Waals surface area (Å²) in [5.74, 6) is 0.504. The third kappa shape index (κ3) is 2.59. The van der Waals surface area contributed by atoms with E-state index in [0.717, 1.165) is 32.4 Å². The fourth-order valence-corrected chi connectivity index (χ4v) is 2.72. The van der Waals surface area contributed by atoms with Crippen molar-refractivity contribution >= 4 is 5.91 Å². The van der Waals surface area contributed by atoms with Crippen LogP contribution in [0.1, 0.15) is 19.3 Å². The predicted molar refractivity (Wildman–Crippen MR) is 62.1 cm³/mol. The number of rotatable bonds is 3. The Morgan fingerprint density at radius 3 is 3.18 bits per heavy atom. The lowest BCUT2D eigenvalue weighted by molar-refractivity contribution is -0.133. The van der Waals surface area contributed by atoms with Gasteiger partial charge in [-0.2, -0.15) is 5.26 Å². The van der Waals surface area contributed by atoms with Crippen molar-refractivity contribution in [2.24, 2.45) is 5.92 Å². The maximum atomic E-state index is 12.2. The lowest BCUT2D eigenvalue weighted by atomic mass is 10.1. The highest BCUT2D eigenvalue weighted by atomic mass is 16.5. The van der Waals surface area contributed by atoms with Crippen LogP contribution in [0, 0.1) is 17.2 Å². The SMILES string of the molecule is COCC1CN[C@H](C(=O)N2CCC[C@H]2C#N)C1. The maximum absolute atomic E-state index is 12.2. The second-order valence-electron chi connectivity index (χ2n) is 4.84. The summed E-state index contributed by atoms with van der Waals surface area (Å²) in [7, 11) is 1.68. The number of likely N-dealkylation sites (tertiary alicyclic amines) is 1. The van der Waals surface area contributed by atoms with Gasteiger partial charge in [0, 0.05) is 20.2 Å². The molecule has 0 radical (unpaired) electrons. The van der Waals surface area contributed by atoms with Crippen molar-refractivity contribution < 1.29 is 9.53 Å². The van der Waals surface area contributed by atoms with Crippen molar-refractivity contribution in [2.45, 2.75) is 31.3 Å². The first-order valence-electron chi connectivity index (χ1n) is 6.18. The fourth-order valence-electron chi connectivity index (χ4n) is 2.72. The minimum atomic E-state index is -0.217. The number of ether oxygens (including phenoxy) is 1. The lowest BCUT2D eigenvalue weighted by Crippen LogP contribution is -2.45. The molecule has 1 unspecified atom stereocenters. The van der Waals surface area contributed by atoms with Gasteiger partial charge in [-0.05, 0) is 25.2 Å². The maximum Gasteiger partial charge on any atom is 0.240 e. The van der Waals surface area contributed by atoms with E-state index in [9.17, 15) is 4.79 Å². The molecule has 0 bridgehead atoms. The van der Waals surface area contributed by atoms with Crippen LogP contribution in [0.4, 0.5) is 0 Å². The van der Waals surface area contributed by atoms with Gasteiger partial charge in [-0.3, -0.25) is 4.79 Å². The Morgan fingerprint density at radius 1 is 1.65 bits per heavy atom. The standard InChI is InChI=1S/C12H19N3O2/c1-17-8-9-5-11(14-7-9)12(16)15-4-2-3-10(15)6-13/h9-11,14H,2-5,7-8H2,1H3/t9?,10-,11-/m0/s1. The molecule has 5 heteroatoms. The Labute approximate surface area is 102 Å². The molecule has 2 aliphatic heterocycles. The summed E-state index contributed by atoms with van der Waals surface area (Å²) >= 11 is 0. The molecule has 17 heavy (non-hydrogen) atoms. The molecule has 1 N–H and O–H groups in total.